The molecule has 1 heterocycles. The zero-order valence-electron chi connectivity index (χ0n) is 18.7. The summed E-state index contributed by atoms with van der Waals surface area (Å²) in [5, 5.41) is 20.4. The Balaban J connectivity index is 1.86. The van der Waals surface area contributed by atoms with Gasteiger partial charge in [-0.1, -0.05) is 30.4 Å². The highest BCUT2D eigenvalue weighted by atomic mass is 16.5. The van der Waals surface area contributed by atoms with E-state index in [0.717, 1.165) is 11.3 Å². The molecule has 8 nitrogen and oxygen atoms in total. The van der Waals surface area contributed by atoms with Crippen LogP contribution in [0, 0.1) is 0 Å². The SMILES string of the molecule is C=CCC(O)(CC=C)[C@H](C)NC(=O)Cn1cc(NC(=O)CCc2ccccc2OC)cn1. The molecule has 0 saturated heterocycles. The highest BCUT2D eigenvalue weighted by Crippen LogP contribution is 2.21. The molecule has 0 aliphatic carbocycles. The van der Waals surface area contributed by atoms with Gasteiger partial charge in [0.15, 0.2) is 0 Å². The molecule has 0 spiro atoms. The lowest BCUT2D eigenvalue weighted by Gasteiger charge is -2.33. The first-order valence-corrected chi connectivity index (χ1v) is 10.5. The number of rotatable bonds is 13. The molecule has 8 heteroatoms. The van der Waals surface area contributed by atoms with Crippen molar-refractivity contribution in [3.8, 4) is 5.75 Å². The van der Waals surface area contributed by atoms with Crippen molar-refractivity contribution < 1.29 is 19.4 Å². The number of aromatic nitrogens is 2. The number of carbonyl (C=O) groups is 2. The molecule has 0 radical (unpaired) electrons. The Hall–Kier alpha value is -3.39. The third kappa shape index (κ3) is 7.09. The van der Waals surface area contributed by atoms with Crippen LogP contribution in [0.25, 0.3) is 0 Å². The molecule has 0 bridgehead atoms. The van der Waals surface area contributed by atoms with E-state index in [-0.39, 0.29) is 24.8 Å². The van der Waals surface area contributed by atoms with Crippen LogP contribution in [0.3, 0.4) is 0 Å². The Morgan fingerprint density at radius 3 is 2.59 bits per heavy atom. The number of amides is 2. The smallest absolute Gasteiger partial charge is 0.242 e. The lowest BCUT2D eigenvalue weighted by molar-refractivity contribution is -0.124. The molecule has 1 atom stereocenters. The standard InChI is InChI=1S/C24H32N4O4/c1-5-13-24(31,14-6-2)18(3)26-23(30)17-28-16-20(15-25-28)27-22(29)12-11-19-9-7-8-10-21(19)32-4/h5-10,15-16,18,31H,1-2,11-14,17H2,3-4H3,(H,26,30)(H,27,29)/t18-/m0/s1. The van der Waals surface area contributed by atoms with Gasteiger partial charge in [-0.25, -0.2) is 0 Å². The van der Waals surface area contributed by atoms with Gasteiger partial charge in [-0.3, -0.25) is 14.3 Å². The summed E-state index contributed by atoms with van der Waals surface area (Å²) in [4.78, 5) is 24.7. The van der Waals surface area contributed by atoms with Crippen molar-refractivity contribution in [2.45, 2.75) is 50.8 Å². The first kappa shape index (κ1) is 24.9. The zero-order valence-corrected chi connectivity index (χ0v) is 18.7. The van der Waals surface area contributed by atoms with Crippen molar-refractivity contribution in [3.05, 3.63) is 67.5 Å². The van der Waals surface area contributed by atoms with Crippen LogP contribution < -0.4 is 15.4 Å². The number of anilines is 1. The minimum Gasteiger partial charge on any atom is -0.496 e. The molecular formula is C24H32N4O4. The van der Waals surface area contributed by atoms with Crippen molar-refractivity contribution >= 4 is 17.5 Å². The monoisotopic (exact) mass is 440 g/mol. The van der Waals surface area contributed by atoms with E-state index >= 15 is 0 Å². The number of methoxy groups -OCH3 is 1. The average molecular weight is 441 g/mol. The van der Waals surface area contributed by atoms with Gasteiger partial charge >= 0.3 is 0 Å². The summed E-state index contributed by atoms with van der Waals surface area (Å²) in [6.07, 6.45) is 7.79. The Kier molecular flexibility index (Phi) is 9.22. The molecular weight excluding hydrogens is 408 g/mol. The second kappa shape index (κ2) is 11.9. The van der Waals surface area contributed by atoms with E-state index in [4.69, 9.17) is 4.74 Å². The molecule has 1 aromatic heterocycles. The molecule has 2 rings (SSSR count). The van der Waals surface area contributed by atoms with Gasteiger partial charge in [-0.05, 0) is 37.8 Å². The number of hydrogen-bond acceptors (Lipinski definition) is 5. The van der Waals surface area contributed by atoms with E-state index in [9.17, 15) is 14.7 Å². The normalized spacial score (nSPS) is 12.0. The van der Waals surface area contributed by atoms with Gasteiger partial charge in [0.1, 0.15) is 12.3 Å². The average Bonchev–Trinajstić information content (AvgIpc) is 3.19. The Labute approximate surface area is 189 Å². The molecule has 32 heavy (non-hydrogen) atoms. The first-order valence-electron chi connectivity index (χ1n) is 10.5. The molecule has 2 aromatic rings. The fourth-order valence-corrected chi connectivity index (χ4v) is 3.40. The molecule has 0 unspecified atom stereocenters. The maximum atomic E-state index is 12.4. The van der Waals surface area contributed by atoms with E-state index in [1.54, 1.807) is 32.4 Å². The Morgan fingerprint density at radius 2 is 1.94 bits per heavy atom. The van der Waals surface area contributed by atoms with Crippen LogP contribution in [-0.4, -0.2) is 45.5 Å². The topological polar surface area (TPSA) is 105 Å². The third-order valence-electron chi connectivity index (χ3n) is 5.22. The maximum absolute atomic E-state index is 12.4. The van der Waals surface area contributed by atoms with Gasteiger partial charge < -0.3 is 20.5 Å². The Bertz CT molecular complexity index is 928. The van der Waals surface area contributed by atoms with Crippen LogP contribution in [0.1, 0.15) is 31.7 Å². The van der Waals surface area contributed by atoms with Crippen LogP contribution in [0.5, 0.6) is 5.75 Å². The summed E-state index contributed by atoms with van der Waals surface area (Å²) in [5.41, 5.74) is 0.314. The van der Waals surface area contributed by atoms with Crippen molar-refractivity contribution in [2.24, 2.45) is 0 Å². The molecule has 3 N–H and O–H groups in total. The fourth-order valence-electron chi connectivity index (χ4n) is 3.40. The van der Waals surface area contributed by atoms with E-state index in [2.05, 4.69) is 28.9 Å². The fraction of sp³-hybridized carbons (Fsp3) is 0.375. The number of ether oxygens (including phenoxy) is 1. The number of carbonyl (C=O) groups excluding carboxylic acids is 2. The summed E-state index contributed by atoms with van der Waals surface area (Å²) < 4.78 is 6.73. The van der Waals surface area contributed by atoms with Crippen LogP contribution in [0.15, 0.2) is 62.0 Å². The second-order valence-electron chi connectivity index (χ2n) is 7.66. The molecule has 172 valence electrons. The molecule has 2 amide bonds. The summed E-state index contributed by atoms with van der Waals surface area (Å²) >= 11 is 0. The summed E-state index contributed by atoms with van der Waals surface area (Å²) in [5.74, 6) is 0.287. The number of aryl methyl sites for hydroxylation is 1. The van der Waals surface area contributed by atoms with Gasteiger partial charge in [0.2, 0.25) is 11.8 Å². The van der Waals surface area contributed by atoms with E-state index in [1.807, 2.05) is 24.3 Å². The minimum absolute atomic E-state index is 0.0420. The quantitative estimate of drug-likeness (QED) is 0.416. The molecule has 0 saturated carbocycles. The van der Waals surface area contributed by atoms with Gasteiger partial charge in [0, 0.05) is 12.6 Å². The molecule has 0 fully saturated rings. The Morgan fingerprint density at radius 1 is 1.25 bits per heavy atom. The van der Waals surface area contributed by atoms with Crippen LogP contribution >= 0.6 is 0 Å². The largest absolute Gasteiger partial charge is 0.496 e. The van der Waals surface area contributed by atoms with Crippen LogP contribution in [0.4, 0.5) is 5.69 Å². The summed E-state index contributed by atoms with van der Waals surface area (Å²) in [6, 6.07) is 7.07. The number of aliphatic hydroxyl groups is 1. The summed E-state index contributed by atoms with van der Waals surface area (Å²) in [7, 11) is 1.60. The van der Waals surface area contributed by atoms with E-state index in [1.165, 1.54) is 10.9 Å². The lowest BCUT2D eigenvalue weighted by atomic mass is 9.88. The van der Waals surface area contributed by atoms with Gasteiger partial charge in [0.05, 0.1) is 30.6 Å². The second-order valence-corrected chi connectivity index (χ2v) is 7.66. The first-order chi connectivity index (χ1) is 15.3. The molecule has 0 aliphatic rings. The highest BCUT2D eigenvalue weighted by molar-refractivity contribution is 5.90. The number of benzene rings is 1. The van der Waals surface area contributed by atoms with E-state index < -0.39 is 11.6 Å². The highest BCUT2D eigenvalue weighted by Gasteiger charge is 2.32. The van der Waals surface area contributed by atoms with Crippen molar-refractivity contribution in [3.63, 3.8) is 0 Å². The predicted molar refractivity (Wildman–Crippen MR) is 124 cm³/mol. The van der Waals surface area contributed by atoms with Gasteiger partial charge in [-0.2, -0.15) is 5.10 Å². The molecule has 1 aromatic carbocycles. The van der Waals surface area contributed by atoms with Crippen LogP contribution in [0.2, 0.25) is 0 Å². The van der Waals surface area contributed by atoms with E-state index in [0.29, 0.717) is 24.9 Å². The predicted octanol–water partition coefficient (Wildman–Crippen LogP) is 2.85. The van der Waals surface area contributed by atoms with Crippen LogP contribution in [-0.2, 0) is 22.6 Å². The number of nitrogens with zero attached hydrogens (tertiary/aromatic N) is 2. The number of nitrogens with one attached hydrogen (secondary N) is 2. The van der Waals surface area contributed by atoms with Gasteiger partial charge in [-0.15, -0.1) is 13.2 Å². The van der Waals surface area contributed by atoms with Gasteiger partial charge in [0.25, 0.3) is 0 Å². The van der Waals surface area contributed by atoms with Crippen molar-refractivity contribution in [1.29, 1.82) is 0 Å². The lowest BCUT2D eigenvalue weighted by Crippen LogP contribution is -2.51. The minimum atomic E-state index is -1.15. The molecule has 0 aliphatic heterocycles. The number of hydrogen-bond donors (Lipinski definition) is 3. The van der Waals surface area contributed by atoms with Crippen molar-refractivity contribution in [2.75, 3.05) is 12.4 Å². The summed E-state index contributed by atoms with van der Waals surface area (Å²) in [6.45, 7) is 9.02. The maximum Gasteiger partial charge on any atom is 0.242 e. The zero-order chi connectivity index (χ0) is 23.6. The number of para-hydroxylation sites is 1. The van der Waals surface area contributed by atoms with Crippen molar-refractivity contribution in [1.82, 2.24) is 15.1 Å². The third-order valence-corrected chi connectivity index (χ3v) is 5.22.